The van der Waals surface area contributed by atoms with Gasteiger partial charge in [-0.05, 0) is 25.2 Å². The molecule has 0 rings (SSSR count). The Morgan fingerprint density at radius 1 is 0.733 bits per heavy atom. The van der Waals surface area contributed by atoms with Crippen molar-refractivity contribution >= 4 is 18.5 Å². The lowest BCUT2D eigenvalue weighted by molar-refractivity contribution is 0.122. The number of hydrogen-bond donors (Lipinski definition) is 1. The zero-order chi connectivity index (χ0) is 11.2. The molecule has 1 N–H and O–H groups in total. The molecule has 2 unspecified atom stereocenters. The lowest BCUT2D eigenvalue weighted by Gasteiger charge is -2.06. The highest BCUT2D eigenvalue weighted by atomic mass is 31.0. The van der Waals surface area contributed by atoms with E-state index in [2.05, 4.69) is 23.8 Å². The molecule has 0 aliphatic rings. The van der Waals surface area contributed by atoms with E-state index in [0.29, 0.717) is 0 Å². The molecular formula is C10H25NO2P2. The van der Waals surface area contributed by atoms with Crippen LogP contribution in [0, 0.1) is 0 Å². The van der Waals surface area contributed by atoms with Crippen molar-refractivity contribution in [3.05, 3.63) is 0 Å². The van der Waals surface area contributed by atoms with E-state index in [1.165, 1.54) is 0 Å². The van der Waals surface area contributed by atoms with Gasteiger partial charge in [-0.2, -0.15) is 0 Å². The second-order valence-corrected chi connectivity index (χ2v) is 4.41. The second-order valence-electron chi connectivity index (χ2n) is 3.26. The second kappa shape index (κ2) is 14.7. The molecule has 0 aromatic heterocycles. The number of nitrogens with one attached hydrogen (secondary N) is 1. The van der Waals surface area contributed by atoms with Crippen molar-refractivity contribution in [2.45, 2.75) is 12.8 Å². The van der Waals surface area contributed by atoms with Crippen molar-refractivity contribution in [3.8, 4) is 0 Å². The summed E-state index contributed by atoms with van der Waals surface area (Å²) in [5, 5.41) is 3.28. The van der Waals surface area contributed by atoms with Gasteiger partial charge in [0.2, 0.25) is 0 Å². The first-order chi connectivity index (χ1) is 7.41. The molecule has 3 nitrogen and oxygen atoms in total. The van der Waals surface area contributed by atoms with E-state index >= 15 is 0 Å². The van der Waals surface area contributed by atoms with Crippen LogP contribution in [0.5, 0.6) is 0 Å². The fourth-order valence-electron chi connectivity index (χ4n) is 0.989. The normalized spacial score (nSPS) is 10.8. The summed E-state index contributed by atoms with van der Waals surface area (Å²) >= 11 is 0. The van der Waals surface area contributed by atoms with Gasteiger partial charge < -0.3 is 14.8 Å². The molecule has 0 aliphatic heterocycles. The van der Waals surface area contributed by atoms with Crippen LogP contribution in [-0.2, 0) is 9.47 Å². The van der Waals surface area contributed by atoms with Crippen molar-refractivity contribution in [2.75, 3.05) is 51.8 Å². The Balaban J connectivity index is 2.81. The molecule has 0 fully saturated rings. The highest BCUT2D eigenvalue weighted by Gasteiger charge is 1.90. The Bertz CT molecular complexity index is 106. The molecule has 0 spiro atoms. The van der Waals surface area contributed by atoms with Gasteiger partial charge in [0, 0.05) is 26.3 Å². The number of rotatable bonds is 12. The lowest BCUT2D eigenvalue weighted by atomic mass is 10.5. The first-order valence-corrected chi connectivity index (χ1v) is 7.31. The van der Waals surface area contributed by atoms with Crippen LogP contribution in [0.2, 0.25) is 0 Å². The minimum Gasteiger partial charge on any atom is -0.380 e. The molecule has 0 bridgehead atoms. The summed E-state index contributed by atoms with van der Waals surface area (Å²) in [6, 6.07) is 0. The number of ether oxygens (including phenoxy) is 2. The minimum absolute atomic E-state index is 0.802. The summed E-state index contributed by atoms with van der Waals surface area (Å²) in [5.41, 5.74) is 0. The Morgan fingerprint density at radius 2 is 1.20 bits per heavy atom. The molecule has 15 heavy (non-hydrogen) atoms. The van der Waals surface area contributed by atoms with Gasteiger partial charge in [0.05, 0.1) is 13.2 Å². The zero-order valence-corrected chi connectivity index (χ0v) is 11.9. The predicted octanol–water partition coefficient (Wildman–Crippen LogP) is 1.14. The van der Waals surface area contributed by atoms with Crippen LogP contribution in [0.25, 0.3) is 0 Å². The summed E-state index contributed by atoms with van der Waals surface area (Å²) in [6.07, 6.45) is 4.50. The standard InChI is InChI=1S/C10H25NO2P2/c14-9-1-5-12-7-3-11-4-8-13-6-2-10-15/h11H,1-10,14-15H2. The summed E-state index contributed by atoms with van der Waals surface area (Å²) < 4.78 is 10.8. The van der Waals surface area contributed by atoms with Gasteiger partial charge in [-0.15, -0.1) is 18.5 Å². The predicted molar refractivity (Wildman–Crippen MR) is 72.9 cm³/mol. The molecule has 5 heteroatoms. The van der Waals surface area contributed by atoms with Crippen molar-refractivity contribution in [2.24, 2.45) is 0 Å². The van der Waals surface area contributed by atoms with E-state index in [0.717, 1.165) is 64.7 Å². The maximum atomic E-state index is 5.40. The first kappa shape index (κ1) is 15.7. The van der Waals surface area contributed by atoms with E-state index in [9.17, 15) is 0 Å². The molecule has 0 saturated carbocycles. The van der Waals surface area contributed by atoms with Gasteiger partial charge in [0.25, 0.3) is 0 Å². The van der Waals surface area contributed by atoms with Crippen LogP contribution in [0.3, 0.4) is 0 Å². The molecule has 0 saturated heterocycles. The average molecular weight is 253 g/mol. The van der Waals surface area contributed by atoms with Gasteiger partial charge in [0.15, 0.2) is 0 Å². The zero-order valence-electron chi connectivity index (χ0n) is 9.54. The van der Waals surface area contributed by atoms with Crippen LogP contribution in [-0.4, -0.2) is 51.8 Å². The lowest BCUT2D eigenvalue weighted by Crippen LogP contribution is -2.24. The Labute approximate surface area is 98.5 Å². The summed E-state index contributed by atoms with van der Waals surface area (Å²) in [5.74, 6) is 0. The summed E-state index contributed by atoms with van der Waals surface area (Å²) in [7, 11) is 5.40. The Hall–Kier alpha value is 0.740. The van der Waals surface area contributed by atoms with Crippen molar-refractivity contribution in [1.29, 1.82) is 0 Å². The van der Waals surface area contributed by atoms with E-state index in [4.69, 9.17) is 9.47 Å². The topological polar surface area (TPSA) is 30.5 Å². The average Bonchev–Trinajstić information content (AvgIpc) is 2.26. The maximum Gasteiger partial charge on any atom is 0.0590 e. The third kappa shape index (κ3) is 14.7. The SMILES string of the molecule is PCCCOCCNCCOCCCP. The molecule has 0 heterocycles. The Morgan fingerprint density at radius 3 is 1.60 bits per heavy atom. The highest BCUT2D eigenvalue weighted by Crippen LogP contribution is 1.89. The van der Waals surface area contributed by atoms with E-state index in [1.807, 2.05) is 0 Å². The van der Waals surface area contributed by atoms with E-state index in [1.54, 1.807) is 0 Å². The molecule has 0 aromatic carbocycles. The molecule has 0 amide bonds. The molecule has 92 valence electrons. The van der Waals surface area contributed by atoms with Gasteiger partial charge >= 0.3 is 0 Å². The van der Waals surface area contributed by atoms with E-state index in [-0.39, 0.29) is 0 Å². The van der Waals surface area contributed by atoms with Gasteiger partial charge in [-0.1, -0.05) is 0 Å². The molecule has 2 atom stereocenters. The molecule has 0 aromatic rings. The highest BCUT2D eigenvalue weighted by molar-refractivity contribution is 7.16. The molecule has 0 aliphatic carbocycles. The maximum absolute atomic E-state index is 5.40. The largest absolute Gasteiger partial charge is 0.380 e. The molecular weight excluding hydrogens is 228 g/mol. The Kier molecular flexibility index (Phi) is 15.5. The van der Waals surface area contributed by atoms with Crippen molar-refractivity contribution in [3.63, 3.8) is 0 Å². The smallest absolute Gasteiger partial charge is 0.0590 e. The first-order valence-electron chi connectivity index (χ1n) is 5.68. The van der Waals surface area contributed by atoms with Gasteiger partial charge in [-0.25, -0.2) is 0 Å². The van der Waals surface area contributed by atoms with Crippen LogP contribution in [0.15, 0.2) is 0 Å². The third-order valence-electron chi connectivity index (χ3n) is 1.83. The van der Waals surface area contributed by atoms with Crippen LogP contribution in [0.4, 0.5) is 0 Å². The van der Waals surface area contributed by atoms with E-state index < -0.39 is 0 Å². The monoisotopic (exact) mass is 253 g/mol. The van der Waals surface area contributed by atoms with Crippen LogP contribution in [0.1, 0.15) is 12.8 Å². The quantitative estimate of drug-likeness (QED) is 0.418. The van der Waals surface area contributed by atoms with Crippen molar-refractivity contribution < 1.29 is 9.47 Å². The third-order valence-corrected chi connectivity index (χ3v) is 2.65. The summed E-state index contributed by atoms with van der Waals surface area (Å²) in [4.78, 5) is 0. The minimum atomic E-state index is 0.802. The van der Waals surface area contributed by atoms with Crippen LogP contribution >= 0.6 is 18.5 Å². The van der Waals surface area contributed by atoms with Gasteiger partial charge in [0.1, 0.15) is 0 Å². The fraction of sp³-hybridized carbons (Fsp3) is 1.00. The van der Waals surface area contributed by atoms with Gasteiger partial charge in [-0.3, -0.25) is 0 Å². The summed E-state index contributed by atoms with van der Waals surface area (Å²) in [6.45, 7) is 5.19. The van der Waals surface area contributed by atoms with Crippen molar-refractivity contribution in [1.82, 2.24) is 5.32 Å². The fourth-order valence-corrected chi connectivity index (χ4v) is 1.32. The van der Waals surface area contributed by atoms with Crippen LogP contribution < -0.4 is 5.32 Å². The number of hydrogen-bond acceptors (Lipinski definition) is 3. The molecule has 0 radical (unpaired) electrons.